The topological polar surface area (TPSA) is 27.7 Å². The van der Waals surface area contributed by atoms with E-state index in [-0.39, 0.29) is 0 Å². The van der Waals surface area contributed by atoms with Crippen molar-refractivity contribution in [3.63, 3.8) is 0 Å². The fourth-order valence-corrected chi connectivity index (χ4v) is 3.93. The van der Waals surface area contributed by atoms with Crippen LogP contribution < -0.4 is 5.32 Å². The van der Waals surface area contributed by atoms with E-state index >= 15 is 0 Å². The van der Waals surface area contributed by atoms with Crippen LogP contribution in [-0.2, 0) is 4.74 Å². The zero-order valence-electron chi connectivity index (χ0n) is 18.2. The third-order valence-corrected chi connectivity index (χ3v) is 6.13. The van der Waals surface area contributed by atoms with Gasteiger partial charge in [-0.25, -0.2) is 0 Å². The minimum absolute atomic E-state index is 0.446. The number of nitrogens with one attached hydrogen (secondary N) is 1. The first-order valence-electron chi connectivity index (χ1n) is 10.9. The fraction of sp³-hybridized carbons (Fsp3) is 0.864. The molecule has 0 bridgehead atoms. The van der Waals surface area contributed by atoms with Gasteiger partial charge in [-0.2, -0.15) is 0 Å². The minimum Gasteiger partial charge on any atom is -0.378 e. The van der Waals surface area contributed by atoms with E-state index in [2.05, 4.69) is 49.6 Å². The predicted octanol–water partition coefficient (Wildman–Crippen LogP) is 4.60. The molecule has 1 saturated carbocycles. The Bertz CT molecular complexity index is 410. The molecule has 4 nitrogen and oxygen atoms in total. The van der Waals surface area contributed by atoms with Crippen molar-refractivity contribution in [3.05, 3.63) is 12.7 Å². The molecule has 0 radical (unpaired) electrons. The largest absolute Gasteiger partial charge is 0.378 e. The minimum atomic E-state index is 0.446. The van der Waals surface area contributed by atoms with Gasteiger partial charge < -0.3 is 19.9 Å². The van der Waals surface area contributed by atoms with Gasteiger partial charge in [0.15, 0.2) is 5.11 Å². The third-order valence-electron chi connectivity index (χ3n) is 5.72. The van der Waals surface area contributed by atoms with Gasteiger partial charge in [0.2, 0.25) is 0 Å². The highest BCUT2D eigenvalue weighted by Gasteiger charge is 2.25. The molecule has 1 aliphatic carbocycles. The Balaban J connectivity index is 2.07. The number of hydrogen-bond acceptors (Lipinski definition) is 3. The third kappa shape index (κ3) is 10.5. The van der Waals surface area contributed by atoms with E-state index in [0.717, 1.165) is 44.1 Å². The molecular formula is C22H43N3OS. The van der Waals surface area contributed by atoms with Gasteiger partial charge in [0.1, 0.15) is 0 Å². The molecular weight excluding hydrogens is 354 g/mol. The number of unbranched alkanes of at least 4 members (excludes halogenated alkanes) is 3. The van der Waals surface area contributed by atoms with Crippen molar-refractivity contribution in [3.8, 4) is 0 Å². The predicted molar refractivity (Wildman–Crippen MR) is 121 cm³/mol. The lowest BCUT2D eigenvalue weighted by Gasteiger charge is -2.36. The number of thiocarbonyl (C=S) groups is 1. The van der Waals surface area contributed by atoms with Crippen LogP contribution in [0.2, 0.25) is 0 Å². The summed E-state index contributed by atoms with van der Waals surface area (Å²) >= 11 is 5.56. The second-order valence-corrected chi connectivity index (χ2v) is 8.52. The van der Waals surface area contributed by atoms with Crippen molar-refractivity contribution in [2.75, 3.05) is 33.8 Å². The Morgan fingerprint density at radius 1 is 1.19 bits per heavy atom. The molecule has 0 aromatic heterocycles. The Morgan fingerprint density at radius 2 is 1.85 bits per heavy atom. The van der Waals surface area contributed by atoms with Crippen molar-refractivity contribution < 1.29 is 4.74 Å². The van der Waals surface area contributed by atoms with Gasteiger partial charge in [-0.1, -0.05) is 25.8 Å². The van der Waals surface area contributed by atoms with E-state index in [1.807, 2.05) is 6.08 Å². The molecule has 0 aliphatic heterocycles. The lowest BCUT2D eigenvalue weighted by atomic mass is 9.92. The maximum Gasteiger partial charge on any atom is 0.169 e. The van der Waals surface area contributed by atoms with Crippen LogP contribution in [0.5, 0.6) is 0 Å². The molecule has 1 aliphatic rings. The molecule has 1 fully saturated rings. The van der Waals surface area contributed by atoms with Gasteiger partial charge >= 0.3 is 0 Å². The smallest absolute Gasteiger partial charge is 0.169 e. The van der Waals surface area contributed by atoms with Crippen LogP contribution in [-0.4, -0.2) is 66.9 Å². The van der Waals surface area contributed by atoms with E-state index in [0.29, 0.717) is 18.2 Å². The molecule has 0 saturated heterocycles. The molecule has 1 atom stereocenters. The lowest BCUT2D eigenvalue weighted by Crippen LogP contribution is -2.47. The quantitative estimate of drug-likeness (QED) is 0.279. The zero-order valence-corrected chi connectivity index (χ0v) is 19.0. The Labute approximate surface area is 173 Å². The van der Waals surface area contributed by atoms with Gasteiger partial charge in [-0.15, -0.1) is 6.58 Å². The molecule has 0 aromatic carbocycles. The van der Waals surface area contributed by atoms with Crippen molar-refractivity contribution in [2.45, 2.75) is 89.8 Å². The molecule has 0 aromatic rings. The maximum atomic E-state index is 6.13. The molecule has 1 rings (SSSR count). The molecule has 0 amide bonds. The first kappa shape index (κ1) is 24.4. The molecule has 158 valence electrons. The van der Waals surface area contributed by atoms with Crippen molar-refractivity contribution in [2.24, 2.45) is 0 Å². The van der Waals surface area contributed by atoms with Gasteiger partial charge in [0, 0.05) is 32.3 Å². The van der Waals surface area contributed by atoms with E-state index in [1.54, 1.807) is 0 Å². The highest BCUT2D eigenvalue weighted by atomic mass is 32.1. The number of hydrogen-bond donors (Lipinski definition) is 1. The van der Waals surface area contributed by atoms with E-state index in [4.69, 9.17) is 17.0 Å². The summed E-state index contributed by atoms with van der Waals surface area (Å²) in [5.74, 6) is 0. The Hall–Kier alpha value is -0.650. The molecule has 0 spiro atoms. The monoisotopic (exact) mass is 397 g/mol. The highest BCUT2D eigenvalue weighted by molar-refractivity contribution is 7.80. The van der Waals surface area contributed by atoms with Crippen molar-refractivity contribution in [1.29, 1.82) is 0 Å². The van der Waals surface area contributed by atoms with Gasteiger partial charge in [0.25, 0.3) is 0 Å². The molecule has 0 heterocycles. The van der Waals surface area contributed by atoms with Gasteiger partial charge in [-0.3, -0.25) is 0 Å². The Morgan fingerprint density at radius 3 is 2.48 bits per heavy atom. The van der Waals surface area contributed by atoms with Gasteiger partial charge in [-0.05, 0) is 77.7 Å². The highest BCUT2D eigenvalue weighted by Crippen LogP contribution is 2.25. The summed E-state index contributed by atoms with van der Waals surface area (Å²) in [5.41, 5.74) is 0. The average Bonchev–Trinajstić information content (AvgIpc) is 2.67. The molecule has 1 unspecified atom stereocenters. The average molecular weight is 398 g/mol. The summed E-state index contributed by atoms with van der Waals surface area (Å²) in [6.07, 6.45) is 13.2. The van der Waals surface area contributed by atoms with Crippen LogP contribution in [0.25, 0.3) is 0 Å². The van der Waals surface area contributed by atoms with Crippen LogP contribution >= 0.6 is 12.2 Å². The standard InChI is InChI=1S/C22H43N3OS/c1-6-16-24(4)17-10-8-9-11-18-26-21-14-12-20(13-15-21)25(5)22(27)23-19(3)7-2/h6,19-21H,1,7-18H2,2-5H3,(H,23,27). The number of ether oxygens (including phenoxy) is 1. The number of nitrogens with zero attached hydrogens (tertiary/aromatic N) is 2. The molecule has 5 heteroatoms. The lowest BCUT2D eigenvalue weighted by molar-refractivity contribution is 0.0146. The van der Waals surface area contributed by atoms with Crippen molar-refractivity contribution >= 4 is 17.3 Å². The van der Waals surface area contributed by atoms with E-state index in [1.165, 1.54) is 38.5 Å². The van der Waals surface area contributed by atoms with E-state index in [9.17, 15) is 0 Å². The Kier molecular flexibility index (Phi) is 13.0. The maximum absolute atomic E-state index is 6.13. The van der Waals surface area contributed by atoms with Crippen LogP contribution in [0.15, 0.2) is 12.7 Å². The summed E-state index contributed by atoms with van der Waals surface area (Å²) in [5, 5.41) is 4.32. The summed E-state index contributed by atoms with van der Waals surface area (Å²) < 4.78 is 6.13. The number of rotatable bonds is 13. The summed E-state index contributed by atoms with van der Waals surface area (Å²) in [6, 6.07) is 1.00. The molecule has 27 heavy (non-hydrogen) atoms. The van der Waals surface area contributed by atoms with Crippen LogP contribution in [0.3, 0.4) is 0 Å². The summed E-state index contributed by atoms with van der Waals surface area (Å²) in [7, 11) is 4.29. The normalized spacial score (nSPS) is 21.1. The molecule has 1 N–H and O–H groups in total. The first-order chi connectivity index (χ1) is 13.0. The summed E-state index contributed by atoms with van der Waals surface area (Å²) in [6.45, 7) is 11.2. The second kappa shape index (κ2) is 14.4. The van der Waals surface area contributed by atoms with Gasteiger partial charge in [0.05, 0.1) is 6.10 Å². The zero-order chi connectivity index (χ0) is 20.1. The fourth-order valence-electron chi connectivity index (χ4n) is 3.58. The summed E-state index contributed by atoms with van der Waals surface area (Å²) in [4.78, 5) is 4.59. The van der Waals surface area contributed by atoms with E-state index < -0.39 is 0 Å². The number of likely N-dealkylation sites (N-methyl/N-ethyl adjacent to an activating group) is 1. The second-order valence-electron chi connectivity index (χ2n) is 8.14. The SMILES string of the molecule is C=CCN(C)CCCCCCOC1CCC(N(C)C(=S)NC(C)CC)CC1. The van der Waals surface area contributed by atoms with Crippen LogP contribution in [0.1, 0.15) is 71.6 Å². The van der Waals surface area contributed by atoms with Crippen LogP contribution in [0.4, 0.5) is 0 Å². The first-order valence-corrected chi connectivity index (χ1v) is 11.3. The van der Waals surface area contributed by atoms with Crippen LogP contribution in [0, 0.1) is 0 Å². The van der Waals surface area contributed by atoms with Crippen molar-refractivity contribution in [1.82, 2.24) is 15.1 Å².